The van der Waals surface area contributed by atoms with Crippen molar-refractivity contribution in [1.82, 2.24) is 10.4 Å². The molecule has 0 radical (unpaired) electrons. The van der Waals surface area contributed by atoms with Gasteiger partial charge >= 0.3 is 0 Å². The monoisotopic (exact) mass is 438 g/mol. The lowest BCUT2D eigenvalue weighted by Gasteiger charge is -2.17. The Morgan fingerprint density at radius 3 is 2.07 bits per heavy atom. The maximum atomic E-state index is 12.3. The van der Waals surface area contributed by atoms with E-state index in [2.05, 4.69) is 5.48 Å². The first-order valence-electron chi connectivity index (χ1n) is 8.98. The number of hydrogen-bond donors (Lipinski definition) is 1. The number of carbonyl (C=O) groups is 2. The van der Waals surface area contributed by atoms with E-state index in [0.29, 0.717) is 41.1 Å². The van der Waals surface area contributed by atoms with Crippen LogP contribution in [0.3, 0.4) is 0 Å². The Bertz CT molecular complexity index is 830. The molecule has 2 aromatic carbocycles. The van der Waals surface area contributed by atoms with Crippen LogP contribution in [0.2, 0.25) is 10.0 Å². The first-order chi connectivity index (χ1) is 14.0. The number of nitrogens with one attached hydrogen (secondary N) is 1. The molecule has 0 aromatic heterocycles. The second-order valence-electron chi connectivity index (χ2n) is 6.38. The summed E-state index contributed by atoms with van der Waals surface area (Å²) in [6.07, 6.45) is 0.333. The van der Waals surface area contributed by atoms with Gasteiger partial charge in [0, 0.05) is 23.1 Å². The standard InChI is InChI=1S/C20H20Cl2N2O5/c21-14-1-5-16(6-2-14)27-12-19(25)23-29-18-9-10-24(11-18)20(26)13-28-17-7-3-15(22)4-8-17/h1-8,18H,9-13H2,(H,23,25)/t18-/m1/s1. The van der Waals surface area contributed by atoms with Gasteiger partial charge in [-0.05, 0) is 55.0 Å². The predicted molar refractivity (Wildman–Crippen MR) is 108 cm³/mol. The lowest BCUT2D eigenvalue weighted by Crippen LogP contribution is -2.37. The van der Waals surface area contributed by atoms with Crippen LogP contribution in [0.15, 0.2) is 48.5 Å². The number of hydroxylamine groups is 1. The minimum Gasteiger partial charge on any atom is -0.484 e. The SMILES string of the molecule is O=C(COc1ccc(Cl)cc1)NO[C@@H]1CCN(C(=O)COc2ccc(Cl)cc2)C1. The van der Waals surface area contributed by atoms with E-state index < -0.39 is 5.91 Å². The van der Waals surface area contributed by atoms with Crippen molar-refractivity contribution in [2.45, 2.75) is 12.5 Å². The molecule has 2 aromatic rings. The Balaban J connectivity index is 1.33. The van der Waals surface area contributed by atoms with Crippen LogP contribution < -0.4 is 15.0 Å². The van der Waals surface area contributed by atoms with Gasteiger partial charge < -0.3 is 14.4 Å². The summed E-state index contributed by atoms with van der Waals surface area (Å²) in [5.41, 5.74) is 2.36. The smallest absolute Gasteiger partial charge is 0.281 e. The second kappa shape index (κ2) is 10.3. The highest BCUT2D eigenvalue weighted by molar-refractivity contribution is 6.30. The number of rotatable bonds is 8. The highest BCUT2D eigenvalue weighted by atomic mass is 35.5. The third kappa shape index (κ3) is 6.81. The van der Waals surface area contributed by atoms with E-state index in [1.54, 1.807) is 53.4 Å². The summed E-state index contributed by atoms with van der Waals surface area (Å²) in [7, 11) is 0. The van der Waals surface area contributed by atoms with E-state index in [1.807, 2.05) is 0 Å². The molecule has 154 valence electrons. The summed E-state index contributed by atoms with van der Waals surface area (Å²) >= 11 is 11.6. The topological polar surface area (TPSA) is 77.1 Å². The molecule has 29 heavy (non-hydrogen) atoms. The molecule has 2 amide bonds. The van der Waals surface area contributed by atoms with Gasteiger partial charge in [-0.3, -0.25) is 14.4 Å². The summed E-state index contributed by atoms with van der Waals surface area (Å²) in [4.78, 5) is 31.1. The van der Waals surface area contributed by atoms with Crippen molar-refractivity contribution in [2.75, 3.05) is 26.3 Å². The molecule has 0 spiro atoms. The molecule has 7 nitrogen and oxygen atoms in total. The van der Waals surface area contributed by atoms with Crippen LogP contribution in [0.1, 0.15) is 6.42 Å². The molecule has 1 aliphatic rings. The number of benzene rings is 2. The van der Waals surface area contributed by atoms with Gasteiger partial charge in [0.05, 0.1) is 0 Å². The predicted octanol–water partition coefficient (Wildman–Crippen LogP) is 3.10. The summed E-state index contributed by atoms with van der Waals surface area (Å²) in [5, 5.41) is 1.19. The average Bonchev–Trinajstić information content (AvgIpc) is 3.20. The maximum Gasteiger partial charge on any atom is 0.281 e. The molecular weight excluding hydrogens is 419 g/mol. The molecule has 0 aliphatic carbocycles. The molecule has 0 bridgehead atoms. The summed E-state index contributed by atoms with van der Waals surface area (Å²) < 4.78 is 10.8. The Labute approximate surface area is 178 Å². The number of amides is 2. The minimum absolute atomic E-state index is 0.0738. The van der Waals surface area contributed by atoms with Gasteiger partial charge in [-0.15, -0.1) is 0 Å². The molecule has 0 unspecified atom stereocenters. The van der Waals surface area contributed by atoms with Gasteiger partial charge in [0.25, 0.3) is 11.8 Å². The van der Waals surface area contributed by atoms with Gasteiger partial charge in [0.15, 0.2) is 13.2 Å². The molecule has 1 heterocycles. The van der Waals surface area contributed by atoms with E-state index in [0.717, 1.165) is 0 Å². The Hall–Kier alpha value is -2.48. The molecule has 9 heteroatoms. The average molecular weight is 439 g/mol. The van der Waals surface area contributed by atoms with E-state index in [1.165, 1.54) is 0 Å². The van der Waals surface area contributed by atoms with Crippen LogP contribution in [0.5, 0.6) is 11.5 Å². The van der Waals surface area contributed by atoms with Crippen LogP contribution >= 0.6 is 23.2 Å². The summed E-state index contributed by atoms with van der Waals surface area (Å²) in [5.74, 6) is 0.532. The fraction of sp³-hybridized carbons (Fsp3) is 0.300. The molecule has 1 saturated heterocycles. The van der Waals surface area contributed by atoms with Crippen molar-refractivity contribution < 1.29 is 23.9 Å². The number of ether oxygens (including phenoxy) is 2. The molecule has 1 atom stereocenters. The van der Waals surface area contributed by atoms with E-state index in [9.17, 15) is 9.59 Å². The van der Waals surface area contributed by atoms with Crippen LogP contribution in [-0.4, -0.2) is 49.1 Å². The number of hydrogen-bond acceptors (Lipinski definition) is 5. The number of halogens is 2. The fourth-order valence-electron chi connectivity index (χ4n) is 2.68. The molecular formula is C20H20Cl2N2O5. The highest BCUT2D eigenvalue weighted by Gasteiger charge is 2.28. The lowest BCUT2D eigenvalue weighted by atomic mass is 10.3. The van der Waals surface area contributed by atoms with Crippen molar-refractivity contribution in [3.63, 3.8) is 0 Å². The van der Waals surface area contributed by atoms with Gasteiger partial charge in [-0.2, -0.15) is 0 Å². The number of nitrogens with zero attached hydrogens (tertiary/aromatic N) is 1. The summed E-state index contributed by atoms with van der Waals surface area (Å²) in [6, 6.07) is 13.5. The third-order valence-corrected chi connectivity index (χ3v) is 4.70. The molecule has 1 fully saturated rings. The van der Waals surface area contributed by atoms with Gasteiger partial charge in [0.2, 0.25) is 0 Å². The zero-order chi connectivity index (χ0) is 20.6. The van der Waals surface area contributed by atoms with E-state index in [4.69, 9.17) is 37.5 Å². The van der Waals surface area contributed by atoms with E-state index >= 15 is 0 Å². The van der Waals surface area contributed by atoms with Crippen LogP contribution in [0, 0.1) is 0 Å². The Morgan fingerprint density at radius 2 is 1.48 bits per heavy atom. The largest absolute Gasteiger partial charge is 0.484 e. The van der Waals surface area contributed by atoms with Crippen molar-refractivity contribution >= 4 is 35.0 Å². The first-order valence-corrected chi connectivity index (χ1v) is 9.74. The zero-order valence-corrected chi connectivity index (χ0v) is 17.0. The Morgan fingerprint density at radius 1 is 0.931 bits per heavy atom. The van der Waals surface area contributed by atoms with Crippen molar-refractivity contribution in [2.24, 2.45) is 0 Å². The fourth-order valence-corrected chi connectivity index (χ4v) is 2.93. The number of likely N-dealkylation sites (tertiary alicyclic amines) is 1. The van der Waals surface area contributed by atoms with Gasteiger partial charge in [-0.1, -0.05) is 23.2 Å². The lowest BCUT2D eigenvalue weighted by molar-refractivity contribution is -0.140. The quantitative estimate of drug-likeness (QED) is 0.640. The second-order valence-corrected chi connectivity index (χ2v) is 7.25. The highest BCUT2D eigenvalue weighted by Crippen LogP contribution is 2.17. The van der Waals surface area contributed by atoms with Crippen LogP contribution in [0.25, 0.3) is 0 Å². The van der Waals surface area contributed by atoms with Crippen LogP contribution in [0.4, 0.5) is 0 Å². The molecule has 1 aliphatic heterocycles. The van der Waals surface area contributed by atoms with Crippen molar-refractivity contribution in [3.8, 4) is 11.5 Å². The van der Waals surface area contributed by atoms with E-state index in [-0.39, 0.29) is 25.2 Å². The van der Waals surface area contributed by atoms with Crippen molar-refractivity contribution in [1.29, 1.82) is 0 Å². The van der Waals surface area contributed by atoms with Crippen molar-refractivity contribution in [3.05, 3.63) is 58.6 Å². The Kier molecular flexibility index (Phi) is 7.57. The van der Waals surface area contributed by atoms with Gasteiger partial charge in [-0.25, -0.2) is 5.48 Å². The minimum atomic E-state index is -0.421. The van der Waals surface area contributed by atoms with Crippen LogP contribution in [-0.2, 0) is 14.4 Å². The normalized spacial score (nSPS) is 15.8. The summed E-state index contributed by atoms with van der Waals surface area (Å²) in [6.45, 7) is 0.646. The molecule has 3 rings (SSSR count). The molecule has 1 N–H and O–H groups in total. The first kappa shape index (κ1) is 21.2. The zero-order valence-electron chi connectivity index (χ0n) is 15.5. The van der Waals surface area contributed by atoms with Gasteiger partial charge in [0.1, 0.15) is 17.6 Å². The number of carbonyl (C=O) groups excluding carboxylic acids is 2. The maximum absolute atomic E-state index is 12.3. The third-order valence-electron chi connectivity index (χ3n) is 4.20. The molecule has 0 saturated carbocycles.